The first-order valence-electron chi connectivity index (χ1n) is 12.0. The summed E-state index contributed by atoms with van der Waals surface area (Å²) in [6.07, 6.45) is 1.67. The number of hydrogen-bond donors (Lipinski definition) is 1. The molecular formula is C28H33N5O2S. The van der Waals surface area contributed by atoms with Crippen molar-refractivity contribution in [3.63, 3.8) is 0 Å². The lowest BCUT2D eigenvalue weighted by atomic mass is 9.92. The van der Waals surface area contributed by atoms with Gasteiger partial charge in [0.2, 0.25) is 10.0 Å². The first kappa shape index (κ1) is 25.7. The van der Waals surface area contributed by atoms with Gasteiger partial charge in [0.15, 0.2) is 0 Å². The molecule has 0 unspecified atom stereocenters. The van der Waals surface area contributed by atoms with E-state index < -0.39 is 10.0 Å². The van der Waals surface area contributed by atoms with Crippen molar-refractivity contribution in [3.8, 4) is 11.3 Å². The molecule has 0 saturated heterocycles. The van der Waals surface area contributed by atoms with Gasteiger partial charge in [-0.15, -0.1) is 0 Å². The van der Waals surface area contributed by atoms with Crippen LogP contribution in [0.3, 0.4) is 0 Å². The molecule has 7 nitrogen and oxygen atoms in total. The van der Waals surface area contributed by atoms with E-state index in [1.54, 1.807) is 37.4 Å². The second-order valence-corrected chi connectivity index (χ2v) is 11.9. The maximum Gasteiger partial charge on any atom is 0.240 e. The average molecular weight is 504 g/mol. The maximum absolute atomic E-state index is 13.3. The van der Waals surface area contributed by atoms with E-state index in [0.29, 0.717) is 18.1 Å². The Bertz CT molecular complexity index is 1480. The van der Waals surface area contributed by atoms with Gasteiger partial charge >= 0.3 is 0 Å². The van der Waals surface area contributed by atoms with Crippen molar-refractivity contribution in [1.29, 1.82) is 0 Å². The second-order valence-electron chi connectivity index (χ2n) is 10.1. The summed E-state index contributed by atoms with van der Waals surface area (Å²) >= 11 is 0. The minimum Gasteiger partial charge on any atom is -0.264 e. The molecule has 4 rings (SSSR count). The van der Waals surface area contributed by atoms with Crippen molar-refractivity contribution in [3.05, 3.63) is 94.7 Å². The number of aromatic nitrogens is 4. The summed E-state index contributed by atoms with van der Waals surface area (Å²) in [5.41, 5.74) is 6.54. The molecule has 0 bridgehead atoms. The number of sulfonamides is 1. The molecule has 2 aromatic carbocycles. The standard InChI is InChI=1S/C28H33N5O2S/c1-19-9-7-10-20(2)25(19)18-33-23(16-27(32-33)28(4,5)6)17-30-36(34,35)24-12-8-11-22(15-24)26-13-14-29-21(3)31-26/h7-16,30H,17-18H2,1-6H3. The van der Waals surface area contributed by atoms with E-state index in [2.05, 4.69) is 61.4 Å². The first-order chi connectivity index (χ1) is 16.9. The van der Waals surface area contributed by atoms with Gasteiger partial charge in [-0.25, -0.2) is 23.1 Å². The smallest absolute Gasteiger partial charge is 0.240 e. The topological polar surface area (TPSA) is 89.8 Å². The fourth-order valence-electron chi connectivity index (χ4n) is 4.04. The van der Waals surface area contributed by atoms with Gasteiger partial charge in [-0.1, -0.05) is 51.1 Å². The van der Waals surface area contributed by atoms with Gasteiger partial charge < -0.3 is 0 Å². The van der Waals surface area contributed by atoms with E-state index in [9.17, 15) is 8.42 Å². The van der Waals surface area contributed by atoms with Crippen molar-refractivity contribution in [2.24, 2.45) is 0 Å². The molecule has 188 valence electrons. The van der Waals surface area contributed by atoms with Crippen LogP contribution in [0.5, 0.6) is 0 Å². The molecule has 8 heteroatoms. The summed E-state index contributed by atoms with van der Waals surface area (Å²) in [4.78, 5) is 8.72. The van der Waals surface area contributed by atoms with Gasteiger partial charge in [-0.05, 0) is 61.7 Å². The Morgan fingerprint density at radius 2 is 1.64 bits per heavy atom. The fraction of sp³-hybridized carbons (Fsp3) is 0.321. The van der Waals surface area contributed by atoms with Gasteiger partial charge in [-0.3, -0.25) is 4.68 Å². The Labute approximate surface area is 213 Å². The molecule has 2 aromatic heterocycles. The van der Waals surface area contributed by atoms with Crippen LogP contribution in [0.2, 0.25) is 0 Å². The van der Waals surface area contributed by atoms with Crippen LogP contribution >= 0.6 is 0 Å². The zero-order valence-corrected chi connectivity index (χ0v) is 22.5. The molecule has 2 heterocycles. The molecule has 0 spiro atoms. The zero-order chi connectivity index (χ0) is 26.1. The molecule has 4 aromatic rings. The van der Waals surface area contributed by atoms with Gasteiger partial charge in [0.25, 0.3) is 0 Å². The summed E-state index contributed by atoms with van der Waals surface area (Å²) in [7, 11) is -3.77. The maximum atomic E-state index is 13.3. The van der Waals surface area contributed by atoms with Crippen LogP contribution in [-0.4, -0.2) is 28.2 Å². The highest BCUT2D eigenvalue weighted by atomic mass is 32.2. The highest BCUT2D eigenvalue weighted by molar-refractivity contribution is 7.89. The second kappa shape index (κ2) is 9.95. The van der Waals surface area contributed by atoms with Gasteiger partial charge in [0.05, 0.1) is 35.1 Å². The number of benzene rings is 2. The number of nitrogens with zero attached hydrogens (tertiary/aromatic N) is 4. The summed E-state index contributed by atoms with van der Waals surface area (Å²) in [6, 6.07) is 16.8. The predicted octanol–water partition coefficient (Wildman–Crippen LogP) is 5.09. The predicted molar refractivity (Wildman–Crippen MR) is 142 cm³/mol. The molecule has 0 atom stereocenters. The minimum atomic E-state index is -3.77. The Morgan fingerprint density at radius 3 is 2.31 bits per heavy atom. The molecule has 0 saturated carbocycles. The van der Waals surface area contributed by atoms with Crippen LogP contribution in [0.25, 0.3) is 11.3 Å². The summed E-state index contributed by atoms with van der Waals surface area (Å²) in [5, 5.41) is 4.86. The fourth-order valence-corrected chi connectivity index (χ4v) is 5.09. The highest BCUT2D eigenvalue weighted by Gasteiger charge is 2.22. The normalized spacial score (nSPS) is 12.2. The summed E-state index contributed by atoms with van der Waals surface area (Å²) < 4.78 is 31.2. The van der Waals surface area contributed by atoms with Gasteiger partial charge in [0.1, 0.15) is 5.82 Å². The lowest BCUT2D eigenvalue weighted by Gasteiger charge is -2.15. The molecule has 0 aliphatic heterocycles. The molecular weight excluding hydrogens is 470 g/mol. The molecule has 36 heavy (non-hydrogen) atoms. The highest BCUT2D eigenvalue weighted by Crippen LogP contribution is 2.25. The molecule has 0 radical (unpaired) electrons. The quantitative estimate of drug-likeness (QED) is 0.379. The molecule has 0 aliphatic carbocycles. The van der Waals surface area contributed by atoms with Crippen molar-refractivity contribution in [2.45, 2.75) is 64.9 Å². The number of nitrogens with one attached hydrogen (secondary N) is 1. The third kappa shape index (κ3) is 5.71. The lowest BCUT2D eigenvalue weighted by molar-refractivity contribution is 0.538. The summed E-state index contributed by atoms with van der Waals surface area (Å²) in [6.45, 7) is 13.0. The lowest BCUT2D eigenvalue weighted by Crippen LogP contribution is -2.25. The molecule has 0 amide bonds. The van der Waals surface area contributed by atoms with E-state index in [1.165, 1.54) is 16.7 Å². The van der Waals surface area contributed by atoms with Crippen molar-refractivity contribution in [1.82, 2.24) is 24.5 Å². The van der Waals surface area contributed by atoms with Crippen LogP contribution in [0.4, 0.5) is 0 Å². The van der Waals surface area contributed by atoms with Gasteiger partial charge in [-0.2, -0.15) is 5.10 Å². The van der Waals surface area contributed by atoms with Gasteiger partial charge in [0, 0.05) is 17.2 Å². The average Bonchev–Trinajstić information content (AvgIpc) is 3.24. The molecule has 0 aliphatic rings. The van der Waals surface area contributed by atoms with Crippen LogP contribution in [-0.2, 0) is 28.5 Å². The molecule has 0 fully saturated rings. The van der Waals surface area contributed by atoms with E-state index >= 15 is 0 Å². The third-order valence-electron chi connectivity index (χ3n) is 6.24. The third-order valence-corrected chi connectivity index (χ3v) is 7.64. The molecule has 1 N–H and O–H groups in total. The van der Waals surface area contributed by atoms with Crippen molar-refractivity contribution < 1.29 is 8.42 Å². The van der Waals surface area contributed by atoms with E-state index in [1.807, 2.05) is 22.9 Å². The SMILES string of the molecule is Cc1nccc(-c2cccc(S(=O)(=O)NCc3cc(C(C)(C)C)nn3Cc3c(C)cccc3C)c2)n1. The van der Waals surface area contributed by atoms with Crippen LogP contribution in [0.1, 0.15) is 54.7 Å². The monoisotopic (exact) mass is 503 g/mol. The van der Waals surface area contributed by atoms with Crippen molar-refractivity contribution in [2.75, 3.05) is 0 Å². The minimum absolute atomic E-state index is 0.132. The van der Waals surface area contributed by atoms with E-state index in [0.717, 1.165) is 17.0 Å². The summed E-state index contributed by atoms with van der Waals surface area (Å²) in [5.74, 6) is 0.630. The first-order valence-corrected chi connectivity index (χ1v) is 13.4. The van der Waals surface area contributed by atoms with Crippen LogP contribution in [0.15, 0.2) is 65.7 Å². The van der Waals surface area contributed by atoms with Crippen LogP contribution in [0, 0.1) is 20.8 Å². The number of aryl methyl sites for hydroxylation is 3. The Morgan fingerprint density at radius 1 is 0.944 bits per heavy atom. The Kier molecular flexibility index (Phi) is 7.11. The number of rotatable bonds is 7. The van der Waals surface area contributed by atoms with Crippen molar-refractivity contribution >= 4 is 10.0 Å². The van der Waals surface area contributed by atoms with E-state index in [4.69, 9.17) is 5.10 Å². The number of hydrogen-bond acceptors (Lipinski definition) is 5. The zero-order valence-electron chi connectivity index (χ0n) is 21.7. The Balaban J connectivity index is 1.62. The van der Waals surface area contributed by atoms with Crippen LogP contribution < -0.4 is 4.72 Å². The largest absolute Gasteiger partial charge is 0.264 e. The van der Waals surface area contributed by atoms with E-state index in [-0.39, 0.29) is 16.9 Å². The Hall–Kier alpha value is -3.36.